The molecule has 1 heterocycles. The average molecular weight is 255 g/mol. The molecule has 0 aliphatic carbocycles. The first kappa shape index (κ1) is 12.3. The lowest BCUT2D eigenvalue weighted by Gasteiger charge is -2.07. The smallest absolute Gasteiger partial charge is 0.349 e. The fourth-order valence-electron chi connectivity index (χ4n) is 1.49. The Morgan fingerprint density at radius 3 is 2.56 bits per heavy atom. The van der Waals surface area contributed by atoms with Crippen molar-refractivity contribution < 1.29 is 22.5 Å². The van der Waals surface area contributed by atoms with Gasteiger partial charge in [0, 0.05) is 5.56 Å². The zero-order chi connectivity index (χ0) is 13.0. The van der Waals surface area contributed by atoms with E-state index in [4.69, 9.17) is 0 Å². The molecule has 0 bridgehead atoms. The third-order valence-electron chi connectivity index (χ3n) is 2.22. The van der Waals surface area contributed by atoms with Crippen molar-refractivity contribution >= 4 is 0 Å². The average Bonchev–Trinajstić information content (AvgIpc) is 2.31. The Balaban J connectivity index is 2.23. The summed E-state index contributed by atoms with van der Waals surface area (Å²) in [5.74, 6) is -0.339. The first-order valence-electron chi connectivity index (χ1n) is 5.18. The van der Waals surface area contributed by atoms with Crippen LogP contribution in [0.4, 0.5) is 13.2 Å². The fraction of sp³-hybridized carbons (Fsp3) is 0.167. The quantitative estimate of drug-likeness (QED) is 0.787. The number of ether oxygens (including phenoxy) is 1. The minimum absolute atomic E-state index is 0.286. The van der Waals surface area contributed by atoms with Gasteiger partial charge in [-0.2, -0.15) is 4.57 Å². The van der Waals surface area contributed by atoms with Crippen molar-refractivity contribution in [1.29, 1.82) is 0 Å². The standard InChI is InChI=1S/C12H10F3N2O/c13-12(14,15)18-11-8-16-6-7-17(11)9-10-4-2-1-3-5-10/h1-8H,9H2/q+1. The van der Waals surface area contributed by atoms with E-state index in [1.807, 2.05) is 30.3 Å². The number of halogens is 3. The SMILES string of the molecule is FC(F)(F)Oc1cncc[n+]1Cc1ccccc1. The Labute approximate surface area is 101 Å². The van der Waals surface area contributed by atoms with Crippen LogP contribution in [-0.4, -0.2) is 11.3 Å². The van der Waals surface area contributed by atoms with Gasteiger partial charge in [-0.1, -0.05) is 30.3 Å². The van der Waals surface area contributed by atoms with Gasteiger partial charge in [0.2, 0.25) is 0 Å². The largest absolute Gasteiger partial charge is 0.577 e. The summed E-state index contributed by atoms with van der Waals surface area (Å²) in [5, 5.41) is 0. The number of nitrogens with zero attached hydrogens (tertiary/aromatic N) is 2. The maximum Gasteiger partial charge on any atom is 0.577 e. The number of rotatable bonds is 3. The summed E-state index contributed by atoms with van der Waals surface area (Å²) in [7, 11) is 0. The molecule has 0 radical (unpaired) electrons. The maximum atomic E-state index is 12.2. The van der Waals surface area contributed by atoms with Gasteiger partial charge in [-0.3, -0.25) is 0 Å². The molecule has 6 heteroatoms. The predicted molar refractivity (Wildman–Crippen MR) is 56.7 cm³/mol. The Hall–Kier alpha value is -2.11. The second-order valence-corrected chi connectivity index (χ2v) is 3.58. The van der Waals surface area contributed by atoms with Gasteiger partial charge in [-0.15, -0.1) is 13.2 Å². The van der Waals surface area contributed by atoms with E-state index in [0.29, 0.717) is 0 Å². The van der Waals surface area contributed by atoms with E-state index in [1.165, 1.54) is 17.0 Å². The van der Waals surface area contributed by atoms with Crippen molar-refractivity contribution in [2.24, 2.45) is 0 Å². The highest BCUT2D eigenvalue weighted by atomic mass is 19.4. The van der Waals surface area contributed by atoms with Gasteiger partial charge in [0.15, 0.2) is 12.7 Å². The maximum absolute atomic E-state index is 12.2. The van der Waals surface area contributed by atoms with Crippen LogP contribution in [0.25, 0.3) is 0 Å². The lowest BCUT2D eigenvalue weighted by atomic mass is 10.2. The van der Waals surface area contributed by atoms with Gasteiger partial charge < -0.3 is 4.74 Å². The molecular formula is C12H10F3N2O+. The second kappa shape index (κ2) is 5.03. The number of aromatic nitrogens is 2. The Bertz CT molecular complexity index is 514. The number of benzene rings is 1. The topological polar surface area (TPSA) is 26.0 Å². The second-order valence-electron chi connectivity index (χ2n) is 3.58. The summed E-state index contributed by atoms with van der Waals surface area (Å²) in [6, 6.07) is 9.13. The molecule has 0 aliphatic rings. The zero-order valence-electron chi connectivity index (χ0n) is 9.26. The van der Waals surface area contributed by atoms with Gasteiger partial charge >= 0.3 is 12.2 Å². The molecule has 1 aromatic carbocycles. The molecule has 0 saturated carbocycles. The van der Waals surface area contributed by atoms with Crippen LogP contribution in [0.2, 0.25) is 0 Å². The van der Waals surface area contributed by atoms with E-state index in [0.717, 1.165) is 11.8 Å². The van der Waals surface area contributed by atoms with Crippen LogP contribution in [0, 0.1) is 0 Å². The first-order chi connectivity index (χ1) is 8.54. The predicted octanol–water partition coefficient (Wildman–Crippen LogP) is 2.32. The van der Waals surface area contributed by atoms with Crippen molar-refractivity contribution in [1.82, 2.24) is 4.98 Å². The molecular weight excluding hydrogens is 245 g/mol. The third kappa shape index (κ3) is 3.44. The van der Waals surface area contributed by atoms with Crippen LogP contribution in [-0.2, 0) is 6.54 Å². The van der Waals surface area contributed by atoms with Gasteiger partial charge in [-0.05, 0) is 0 Å². The Morgan fingerprint density at radius 2 is 1.89 bits per heavy atom. The minimum atomic E-state index is -4.72. The molecule has 0 saturated heterocycles. The van der Waals surface area contributed by atoms with Gasteiger partial charge in [0.05, 0.1) is 6.20 Å². The summed E-state index contributed by atoms with van der Waals surface area (Å²) in [5.41, 5.74) is 0.876. The van der Waals surface area contributed by atoms with Gasteiger partial charge in [0.25, 0.3) is 0 Å². The van der Waals surface area contributed by atoms with Crippen LogP contribution in [0.1, 0.15) is 5.56 Å². The molecule has 2 rings (SSSR count). The van der Waals surface area contributed by atoms with Crippen molar-refractivity contribution in [3.05, 3.63) is 54.5 Å². The summed E-state index contributed by atoms with van der Waals surface area (Å²) < 4.78 is 41.8. The molecule has 0 aliphatic heterocycles. The Morgan fingerprint density at radius 1 is 1.17 bits per heavy atom. The van der Waals surface area contributed by atoms with Gasteiger partial charge in [0.1, 0.15) is 6.20 Å². The fourth-order valence-corrected chi connectivity index (χ4v) is 1.49. The molecule has 0 fully saturated rings. The molecule has 0 spiro atoms. The van der Waals surface area contributed by atoms with E-state index in [1.54, 1.807) is 0 Å². The Kier molecular flexibility index (Phi) is 3.45. The number of hydrogen-bond acceptors (Lipinski definition) is 2. The van der Waals surface area contributed by atoms with Crippen LogP contribution in [0.5, 0.6) is 5.88 Å². The summed E-state index contributed by atoms with van der Waals surface area (Å²) in [4.78, 5) is 3.63. The molecule has 0 unspecified atom stereocenters. The van der Waals surface area contributed by atoms with Crippen molar-refractivity contribution in [3.63, 3.8) is 0 Å². The number of hydrogen-bond donors (Lipinski definition) is 0. The molecule has 3 nitrogen and oxygen atoms in total. The highest BCUT2D eigenvalue weighted by molar-refractivity contribution is 5.13. The molecule has 1 aromatic heterocycles. The summed E-state index contributed by atoms with van der Waals surface area (Å²) >= 11 is 0. The highest BCUT2D eigenvalue weighted by Crippen LogP contribution is 2.18. The molecule has 18 heavy (non-hydrogen) atoms. The normalized spacial score (nSPS) is 11.3. The summed E-state index contributed by atoms with van der Waals surface area (Å²) in [6.45, 7) is 0.286. The molecule has 0 amide bonds. The molecule has 0 atom stereocenters. The van der Waals surface area contributed by atoms with E-state index < -0.39 is 6.36 Å². The van der Waals surface area contributed by atoms with Crippen LogP contribution < -0.4 is 9.30 Å². The lowest BCUT2D eigenvalue weighted by molar-refractivity contribution is -0.698. The van der Waals surface area contributed by atoms with Crippen molar-refractivity contribution in [3.8, 4) is 5.88 Å². The minimum Gasteiger partial charge on any atom is -0.349 e. The third-order valence-corrected chi connectivity index (χ3v) is 2.22. The van der Waals surface area contributed by atoms with Gasteiger partial charge in [-0.25, -0.2) is 4.98 Å². The van der Waals surface area contributed by atoms with Crippen molar-refractivity contribution in [2.45, 2.75) is 12.9 Å². The van der Waals surface area contributed by atoms with Crippen LogP contribution in [0.15, 0.2) is 48.9 Å². The molecule has 0 N–H and O–H groups in total. The highest BCUT2D eigenvalue weighted by Gasteiger charge is 2.35. The monoisotopic (exact) mass is 255 g/mol. The summed E-state index contributed by atoms with van der Waals surface area (Å²) in [6.07, 6.45) is -0.835. The molecule has 2 aromatic rings. The van der Waals surface area contributed by atoms with Crippen molar-refractivity contribution in [2.75, 3.05) is 0 Å². The van der Waals surface area contributed by atoms with E-state index in [2.05, 4.69) is 9.72 Å². The molecule has 94 valence electrons. The first-order valence-corrected chi connectivity index (χ1v) is 5.18. The van der Waals surface area contributed by atoms with Crippen LogP contribution in [0.3, 0.4) is 0 Å². The number of alkyl halides is 3. The zero-order valence-corrected chi connectivity index (χ0v) is 9.26. The van der Waals surface area contributed by atoms with E-state index in [-0.39, 0.29) is 12.4 Å². The van der Waals surface area contributed by atoms with Crippen LogP contribution >= 0.6 is 0 Å². The van der Waals surface area contributed by atoms with E-state index >= 15 is 0 Å². The van der Waals surface area contributed by atoms with E-state index in [9.17, 15) is 13.2 Å². The lowest BCUT2D eigenvalue weighted by Crippen LogP contribution is -2.38.